The molecule has 2 aliphatic rings. The van der Waals surface area contributed by atoms with Crippen molar-refractivity contribution in [2.24, 2.45) is 17.6 Å². The van der Waals surface area contributed by atoms with E-state index in [1.165, 1.54) is 19.3 Å². The van der Waals surface area contributed by atoms with E-state index < -0.39 is 0 Å². The molecular formula is C13H25ClN2O. The normalized spacial score (nSPS) is 27.6. The number of nitrogens with two attached hydrogens (primary N) is 1. The third-order valence-corrected chi connectivity index (χ3v) is 4.23. The van der Waals surface area contributed by atoms with Crippen molar-refractivity contribution >= 4 is 18.3 Å². The fourth-order valence-corrected chi connectivity index (χ4v) is 3.02. The number of amides is 1. The van der Waals surface area contributed by atoms with Crippen LogP contribution < -0.4 is 5.73 Å². The number of carbonyl (C=O) groups excluding carboxylic acids is 1. The first-order valence-electron chi connectivity index (χ1n) is 6.73. The third kappa shape index (κ3) is 3.59. The molecule has 1 saturated carbocycles. The average Bonchev–Trinajstić information content (AvgIpc) is 2.78. The second-order valence-corrected chi connectivity index (χ2v) is 5.53. The minimum atomic E-state index is 0. The van der Waals surface area contributed by atoms with E-state index in [0.29, 0.717) is 17.7 Å². The van der Waals surface area contributed by atoms with Crippen LogP contribution >= 0.6 is 12.4 Å². The molecule has 1 amide bonds. The zero-order valence-electron chi connectivity index (χ0n) is 10.7. The number of hydrogen-bond donors (Lipinski definition) is 1. The lowest BCUT2D eigenvalue weighted by atomic mass is 9.88. The quantitative estimate of drug-likeness (QED) is 0.827. The van der Waals surface area contributed by atoms with Crippen LogP contribution in [0, 0.1) is 11.8 Å². The van der Waals surface area contributed by atoms with Crippen molar-refractivity contribution in [2.45, 2.75) is 51.5 Å². The summed E-state index contributed by atoms with van der Waals surface area (Å²) in [5.41, 5.74) is 5.90. The predicted molar refractivity (Wildman–Crippen MR) is 72.2 cm³/mol. The van der Waals surface area contributed by atoms with Gasteiger partial charge in [-0.2, -0.15) is 0 Å². The second kappa shape index (κ2) is 6.60. The van der Waals surface area contributed by atoms with E-state index in [-0.39, 0.29) is 18.4 Å². The SMILES string of the molecule is CC(N)C1CCN(C(=O)C2CCCCC2)C1.Cl. The van der Waals surface area contributed by atoms with Gasteiger partial charge in [0, 0.05) is 25.0 Å². The summed E-state index contributed by atoms with van der Waals surface area (Å²) >= 11 is 0. The van der Waals surface area contributed by atoms with E-state index in [1.807, 2.05) is 0 Å². The molecule has 1 heterocycles. The van der Waals surface area contributed by atoms with Crippen LogP contribution in [0.25, 0.3) is 0 Å². The van der Waals surface area contributed by atoms with Gasteiger partial charge in [0.15, 0.2) is 0 Å². The van der Waals surface area contributed by atoms with Gasteiger partial charge in [0.2, 0.25) is 5.91 Å². The molecule has 3 nitrogen and oxygen atoms in total. The molecule has 2 atom stereocenters. The van der Waals surface area contributed by atoms with Crippen LogP contribution in [0.4, 0.5) is 0 Å². The second-order valence-electron chi connectivity index (χ2n) is 5.53. The van der Waals surface area contributed by atoms with E-state index in [0.717, 1.165) is 32.4 Å². The fraction of sp³-hybridized carbons (Fsp3) is 0.923. The van der Waals surface area contributed by atoms with Crippen LogP contribution in [0.1, 0.15) is 45.4 Å². The van der Waals surface area contributed by atoms with Crippen molar-refractivity contribution in [3.63, 3.8) is 0 Å². The summed E-state index contributed by atoms with van der Waals surface area (Å²) in [6.07, 6.45) is 7.10. The van der Waals surface area contributed by atoms with Crippen molar-refractivity contribution in [1.29, 1.82) is 0 Å². The molecule has 100 valence electrons. The summed E-state index contributed by atoms with van der Waals surface area (Å²) in [4.78, 5) is 14.3. The molecule has 0 aromatic heterocycles. The molecule has 1 aliphatic carbocycles. The van der Waals surface area contributed by atoms with Gasteiger partial charge in [-0.25, -0.2) is 0 Å². The highest BCUT2D eigenvalue weighted by atomic mass is 35.5. The Kier molecular flexibility index (Phi) is 5.74. The van der Waals surface area contributed by atoms with Crippen molar-refractivity contribution in [3.05, 3.63) is 0 Å². The van der Waals surface area contributed by atoms with Crippen LogP contribution in [0.2, 0.25) is 0 Å². The van der Waals surface area contributed by atoms with E-state index in [1.54, 1.807) is 0 Å². The lowest BCUT2D eigenvalue weighted by Crippen LogP contribution is -2.37. The zero-order chi connectivity index (χ0) is 11.5. The van der Waals surface area contributed by atoms with E-state index in [9.17, 15) is 4.79 Å². The smallest absolute Gasteiger partial charge is 0.225 e. The molecule has 0 aromatic carbocycles. The number of halogens is 1. The summed E-state index contributed by atoms with van der Waals surface area (Å²) in [5, 5.41) is 0. The molecule has 2 fully saturated rings. The Hall–Kier alpha value is -0.280. The maximum absolute atomic E-state index is 12.3. The third-order valence-electron chi connectivity index (χ3n) is 4.23. The standard InChI is InChI=1S/C13H24N2O.ClH/c1-10(14)12-7-8-15(9-12)13(16)11-5-3-2-4-6-11;/h10-12H,2-9,14H2,1H3;1H. The maximum atomic E-state index is 12.3. The maximum Gasteiger partial charge on any atom is 0.225 e. The molecule has 2 rings (SSSR count). The van der Waals surface area contributed by atoms with Crippen LogP contribution in [-0.4, -0.2) is 29.9 Å². The lowest BCUT2D eigenvalue weighted by molar-refractivity contribution is -0.135. The Labute approximate surface area is 111 Å². The molecule has 0 spiro atoms. The molecule has 0 radical (unpaired) electrons. The first-order valence-corrected chi connectivity index (χ1v) is 6.73. The van der Waals surface area contributed by atoms with Gasteiger partial charge in [-0.1, -0.05) is 19.3 Å². The summed E-state index contributed by atoms with van der Waals surface area (Å²) in [5.74, 6) is 1.25. The monoisotopic (exact) mass is 260 g/mol. The topological polar surface area (TPSA) is 46.3 Å². The Balaban J connectivity index is 0.00000144. The molecule has 17 heavy (non-hydrogen) atoms. The first-order chi connectivity index (χ1) is 7.68. The summed E-state index contributed by atoms with van der Waals surface area (Å²) in [6.45, 7) is 3.88. The highest BCUT2D eigenvalue weighted by molar-refractivity contribution is 5.85. The van der Waals surface area contributed by atoms with Crippen molar-refractivity contribution in [2.75, 3.05) is 13.1 Å². The van der Waals surface area contributed by atoms with Crippen LogP contribution in [-0.2, 0) is 4.79 Å². The van der Waals surface area contributed by atoms with Gasteiger partial charge in [0.05, 0.1) is 0 Å². The number of carbonyl (C=O) groups is 1. The predicted octanol–water partition coefficient (Wildman–Crippen LogP) is 2.18. The number of nitrogens with zero attached hydrogens (tertiary/aromatic N) is 1. The fourth-order valence-electron chi connectivity index (χ4n) is 3.02. The minimum absolute atomic E-state index is 0. The van der Waals surface area contributed by atoms with Crippen molar-refractivity contribution in [1.82, 2.24) is 4.90 Å². The Bertz CT molecular complexity index is 252. The molecule has 0 aromatic rings. The highest BCUT2D eigenvalue weighted by Gasteiger charge is 2.32. The minimum Gasteiger partial charge on any atom is -0.342 e. The largest absolute Gasteiger partial charge is 0.342 e. The molecule has 2 N–H and O–H groups in total. The van der Waals surface area contributed by atoms with Gasteiger partial charge in [-0.3, -0.25) is 4.79 Å². The molecule has 0 bridgehead atoms. The van der Waals surface area contributed by atoms with Gasteiger partial charge >= 0.3 is 0 Å². The van der Waals surface area contributed by atoms with E-state index in [4.69, 9.17) is 5.73 Å². The van der Waals surface area contributed by atoms with Crippen molar-refractivity contribution < 1.29 is 4.79 Å². The van der Waals surface area contributed by atoms with Gasteiger partial charge < -0.3 is 10.6 Å². The van der Waals surface area contributed by atoms with Crippen LogP contribution in [0.3, 0.4) is 0 Å². The highest BCUT2D eigenvalue weighted by Crippen LogP contribution is 2.28. The molecule has 4 heteroatoms. The van der Waals surface area contributed by atoms with Gasteiger partial charge in [0.1, 0.15) is 0 Å². The van der Waals surface area contributed by atoms with Gasteiger partial charge in [-0.15, -0.1) is 12.4 Å². The Morgan fingerprint density at radius 2 is 1.88 bits per heavy atom. The Morgan fingerprint density at radius 3 is 2.41 bits per heavy atom. The number of likely N-dealkylation sites (tertiary alicyclic amines) is 1. The Morgan fingerprint density at radius 1 is 1.24 bits per heavy atom. The molecular weight excluding hydrogens is 236 g/mol. The summed E-state index contributed by atoms with van der Waals surface area (Å²) in [7, 11) is 0. The summed E-state index contributed by atoms with van der Waals surface area (Å²) in [6, 6.07) is 0.226. The van der Waals surface area contributed by atoms with E-state index >= 15 is 0 Å². The first kappa shape index (κ1) is 14.8. The number of rotatable bonds is 2. The van der Waals surface area contributed by atoms with Gasteiger partial charge in [0.25, 0.3) is 0 Å². The molecule has 2 unspecified atom stereocenters. The van der Waals surface area contributed by atoms with Crippen LogP contribution in [0.5, 0.6) is 0 Å². The van der Waals surface area contributed by atoms with Gasteiger partial charge in [-0.05, 0) is 32.1 Å². The van der Waals surface area contributed by atoms with E-state index in [2.05, 4.69) is 11.8 Å². The summed E-state index contributed by atoms with van der Waals surface area (Å²) < 4.78 is 0. The molecule has 1 saturated heterocycles. The average molecular weight is 261 g/mol. The number of hydrogen-bond acceptors (Lipinski definition) is 2. The van der Waals surface area contributed by atoms with Crippen molar-refractivity contribution in [3.8, 4) is 0 Å². The zero-order valence-corrected chi connectivity index (χ0v) is 11.5. The van der Waals surface area contributed by atoms with Crippen LogP contribution in [0.15, 0.2) is 0 Å². The molecule has 1 aliphatic heterocycles. The lowest BCUT2D eigenvalue weighted by Gasteiger charge is -2.26.